The number of hydrogen-bond acceptors (Lipinski definition) is 4. The van der Waals surface area contributed by atoms with Crippen LogP contribution in [0.3, 0.4) is 0 Å². The van der Waals surface area contributed by atoms with E-state index in [9.17, 15) is 9.59 Å². The van der Waals surface area contributed by atoms with Gasteiger partial charge >= 0.3 is 0 Å². The number of fused-ring (bicyclic) bond motifs is 1. The topological polar surface area (TPSA) is 59.1 Å². The van der Waals surface area contributed by atoms with Crippen LogP contribution in [-0.2, 0) is 19.1 Å². The zero-order chi connectivity index (χ0) is 15.4. The van der Waals surface area contributed by atoms with E-state index in [0.29, 0.717) is 26.1 Å². The summed E-state index contributed by atoms with van der Waals surface area (Å²) in [4.78, 5) is 28.9. The second kappa shape index (κ2) is 7.22. The Morgan fingerprint density at radius 2 is 2.00 bits per heavy atom. The monoisotopic (exact) mass is 298 g/mol. The zero-order valence-corrected chi connectivity index (χ0v) is 13.2. The number of carbonyl (C=O) groups excluding carboxylic acids is 2. The van der Waals surface area contributed by atoms with E-state index < -0.39 is 0 Å². The summed E-state index contributed by atoms with van der Waals surface area (Å²) in [5.41, 5.74) is 0. The lowest BCUT2D eigenvalue weighted by Crippen LogP contribution is -2.66. The lowest BCUT2D eigenvalue weighted by atomic mass is 9.94. The highest BCUT2D eigenvalue weighted by Gasteiger charge is 2.46. The van der Waals surface area contributed by atoms with Gasteiger partial charge in [-0.05, 0) is 25.7 Å². The molecule has 0 spiro atoms. The first-order chi connectivity index (χ1) is 10.1. The lowest BCUT2D eigenvalue weighted by molar-refractivity contribution is -0.166. The average Bonchev–Trinajstić information content (AvgIpc) is 2.52. The van der Waals surface area contributed by atoms with E-state index >= 15 is 0 Å². The van der Waals surface area contributed by atoms with Crippen LogP contribution in [0.25, 0.3) is 0 Å². The predicted octanol–water partition coefficient (Wildman–Crippen LogP) is 0.650. The molecule has 2 aliphatic heterocycles. The van der Waals surface area contributed by atoms with Crippen molar-refractivity contribution in [3.8, 4) is 0 Å². The van der Waals surface area contributed by atoms with Gasteiger partial charge in [-0.2, -0.15) is 0 Å². The van der Waals surface area contributed by atoms with Crippen molar-refractivity contribution in [2.24, 2.45) is 0 Å². The molecule has 0 saturated carbocycles. The number of piperazine rings is 1. The van der Waals surface area contributed by atoms with Gasteiger partial charge in [-0.25, -0.2) is 0 Å². The summed E-state index contributed by atoms with van der Waals surface area (Å²) >= 11 is 0. The summed E-state index contributed by atoms with van der Waals surface area (Å²) in [6.07, 6.45) is 3.22. The maximum Gasteiger partial charge on any atom is 0.246 e. The molecule has 0 aromatic heterocycles. The molecular formula is C15H26N2O4. The van der Waals surface area contributed by atoms with Crippen LogP contribution in [0.2, 0.25) is 0 Å². The van der Waals surface area contributed by atoms with E-state index in [2.05, 4.69) is 0 Å². The normalized spacial score (nSPS) is 27.8. The number of hydrogen-bond donors (Lipinski definition) is 0. The van der Waals surface area contributed by atoms with Crippen molar-refractivity contribution < 1.29 is 19.1 Å². The number of rotatable bonds is 6. The minimum atomic E-state index is -0.360. The molecule has 0 aromatic rings. The number of nitrogens with zero attached hydrogens (tertiary/aromatic N) is 2. The molecule has 3 atom stereocenters. The van der Waals surface area contributed by atoms with Gasteiger partial charge in [0.15, 0.2) is 0 Å². The van der Waals surface area contributed by atoms with Crippen molar-refractivity contribution >= 4 is 11.8 Å². The molecule has 0 aliphatic carbocycles. The minimum absolute atomic E-state index is 0.0688. The number of ether oxygens (including phenoxy) is 2. The number of methoxy groups -OCH3 is 2. The summed E-state index contributed by atoms with van der Waals surface area (Å²) in [6, 6.07) is -0.629. The second-order valence-electron chi connectivity index (χ2n) is 5.77. The highest BCUT2D eigenvalue weighted by molar-refractivity contribution is 5.97. The molecule has 2 saturated heterocycles. The quantitative estimate of drug-likeness (QED) is 0.722. The van der Waals surface area contributed by atoms with E-state index in [4.69, 9.17) is 9.47 Å². The molecule has 2 fully saturated rings. The van der Waals surface area contributed by atoms with Gasteiger partial charge in [0.1, 0.15) is 12.1 Å². The van der Waals surface area contributed by atoms with Crippen LogP contribution in [0.5, 0.6) is 0 Å². The Kier molecular flexibility index (Phi) is 5.58. The van der Waals surface area contributed by atoms with E-state index in [1.807, 2.05) is 6.92 Å². The van der Waals surface area contributed by atoms with Crippen molar-refractivity contribution in [2.75, 3.05) is 33.9 Å². The third-order valence-corrected chi connectivity index (χ3v) is 4.49. The molecule has 0 radical (unpaired) electrons. The van der Waals surface area contributed by atoms with Crippen LogP contribution in [0, 0.1) is 0 Å². The van der Waals surface area contributed by atoms with E-state index in [-0.39, 0.29) is 30.0 Å². The summed E-state index contributed by atoms with van der Waals surface area (Å²) in [7, 11) is 3.21. The van der Waals surface area contributed by atoms with Gasteiger partial charge in [-0.15, -0.1) is 0 Å². The maximum absolute atomic E-state index is 12.8. The number of carbonyl (C=O) groups is 2. The van der Waals surface area contributed by atoms with Crippen LogP contribution in [-0.4, -0.2) is 73.7 Å². The van der Waals surface area contributed by atoms with Gasteiger partial charge in [-0.3, -0.25) is 9.59 Å². The summed E-state index contributed by atoms with van der Waals surface area (Å²) in [5.74, 6) is 0.161. The smallest absolute Gasteiger partial charge is 0.246 e. The Labute approximate surface area is 126 Å². The fourth-order valence-electron chi connectivity index (χ4n) is 3.33. The molecule has 3 unspecified atom stereocenters. The summed E-state index contributed by atoms with van der Waals surface area (Å²) in [6.45, 7) is 3.49. The molecule has 2 aliphatic rings. The molecule has 2 heterocycles. The van der Waals surface area contributed by atoms with E-state index in [1.165, 1.54) is 0 Å². The number of amides is 2. The Morgan fingerprint density at radius 1 is 1.24 bits per heavy atom. The van der Waals surface area contributed by atoms with Crippen LogP contribution >= 0.6 is 0 Å². The van der Waals surface area contributed by atoms with Crippen molar-refractivity contribution in [3.05, 3.63) is 0 Å². The molecule has 2 rings (SSSR count). The SMILES string of the molecule is CCC1C(=O)N2CCCCC2C(=O)N1CC(COC)OC. The Balaban J connectivity index is 2.17. The van der Waals surface area contributed by atoms with Crippen molar-refractivity contribution in [3.63, 3.8) is 0 Å². The minimum Gasteiger partial charge on any atom is -0.382 e. The first-order valence-corrected chi connectivity index (χ1v) is 7.76. The second-order valence-corrected chi connectivity index (χ2v) is 5.77. The van der Waals surface area contributed by atoms with Gasteiger partial charge < -0.3 is 19.3 Å². The van der Waals surface area contributed by atoms with Crippen LogP contribution in [0.1, 0.15) is 32.6 Å². The predicted molar refractivity (Wildman–Crippen MR) is 77.8 cm³/mol. The molecule has 2 amide bonds. The van der Waals surface area contributed by atoms with Crippen LogP contribution < -0.4 is 0 Å². The first kappa shape index (κ1) is 16.2. The van der Waals surface area contributed by atoms with Crippen LogP contribution in [0.4, 0.5) is 0 Å². The number of piperidine rings is 1. The van der Waals surface area contributed by atoms with E-state index in [1.54, 1.807) is 24.0 Å². The highest BCUT2D eigenvalue weighted by atomic mass is 16.5. The van der Waals surface area contributed by atoms with Crippen molar-refractivity contribution in [2.45, 2.75) is 50.8 Å². The van der Waals surface area contributed by atoms with Gasteiger partial charge in [-0.1, -0.05) is 6.92 Å². The maximum atomic E-state index is 12.8. The summed E-state index contributed by atoms with van der Waals surface area (Å²) in [5, 5.41) is 0. The standard InChI is InChI=1S/C15H26N2O4/c1-4-12-14(18)16-8-6-5-7-13(16)15(19)17(12)9-11(21-3)10-20-2/h11-13H,4-10H2,1-3H3. The molecule has 120 valence electrons. The van der Waals surface area contributed by atoms with Gasteiger partial charge in [0, 0.05) is 20.8 Å². The summed E-state index contributed by atoms with van der Waals surface area (Å²) < 4.78 is 10.5. The van der Waals surface area contributed by atoms with Crippen molar-refractivity contribution in [1.82, 2.24) is 9.80 Å². The van der Waals surface area contributed by atoms with Gasteiger partial charge in [0.25, 0.3) is 0 Å². The molecule has 0 aromatic carbocycles. The lowest BCUT2D eigenvalue weighted by Gasteiger charge is -2.47. The Bertz CT molecular complexity index is 388. The Hall–Kier alpha value is -1.14. The fourth-order valence-corrected chi connectivity index (χ4v) is 3.33. The third-order valence-electron chi connectivity index (χ3n) is 4.49. The zero-order valence-electron chi connectivity index (χ0n) is 13.2. The largest absolute Gasteiger partial charge is 0.382 e. The molecule has 0 N–H and O–H groups in total. The molecule has 6 heteroatoms. The van der Waals surface area contributed by atoms with E-state index in [0.717, 1.165) is 19.3 Å². The van der Waals surface area contributed by atoms with Crippen LogP contribution in [0.15, 0.2) is 0 Å². The van der Waals surface area contributed by atoms with Gasteiger partial charge in [0.2, 0.25) is 11.8 Å². The molecular weight excluding hydrogens is 272 g/mol. The van der Waals surface area contributed by atoms with Gasteiger partial charge in [0.05, 0.1) is 19.3 Å². The molecule has 0 bridgehead atoms. The average molecular weight is 298 g/mol. The first-order valence-electron chi connectivity index (χ1n) is 7.76. The molecule has 21 heavy (non-hydrogen) atoms. The van der Waals surface area contributed by atoms with Crippen molar-refractivity contribution in [1.29, 1.82) is 0 Å². The highest BCUT2D eigenvalue weighted by Crippen LogP contribution is 2.27. The molecule has 6 nitrogen and oxygen atoms in total. The third kappa shape index (κ3) is 3.21. The Morgan fingerprint density at radius 3 is 2.62 bits per heavy atom. The fraction of sp³-hybridized carbons (Fsp3) is 0.867.